The fourth-order valence-electron chi connectivity index (χ4n) is 3.94. The van der Waals surface area contributed by atoms with E-state index in [9.17, 15) is 4.79 Å². The topological polar surface area (TPSA) is 44.8 Å². The molecular weight excluding hydrogens is 434 g/mol. The Hall–Kier alpha value is -3.02. The van der Waals surface area contributed by atoms with Crippen LogP contribution in [0.3, 0.4) is 0 Å². The third kappa shape index (κ3) is 6.28. The van der Waals surface area contributed by atoms with Crippen LogP contribution in [0.2, 0.25) is 5.02 Å². The number of hydrogen-bond donors (Lipinski definition) is 1. The van der Waals surface area contributed by atoms with Gasteiger partial charge in [-0.15, -0.1) is 0 Å². The molecular formula is C27H30ClN3O2. The number of aryl methyl sites for hydroxylation is 2. The summed E-state index contributed by atoms with van der Waals surface area (Å²) in [5.41, 5.74) is 5.46. The van der Waals surface area contributed by atoms with Crippen LogP contribution in [-0.2, 0) is 11.3 Å². The molecule has 33 heavy (non-hydrogen) atoms. The van der Waals surface area contributed by atoms with Crippen LogP contribution >= 0.6 is 11.6 Å². The molecule has 1 amide bonds. The zero-order valence-electron chi connectivity index (χ0n) is 19.2. The molecule has 6 heteroatoms. The fourth-order valence-corrected chi connectivity index (χ4v) is 4.13. The predicted octanol–water partition coefficient (Wildman–Crippen LogP) is 5.30. The van der Waals surface area contributed by atoms with Crippen LogP contribution in [0.15, 0.2) is 66.7 Å². The number of halogens is 1. The van der Waals surface area contributed by atoms with Crippen LogP contribution < -0.4 is 15.0 Å². The Bertz CT molecular complexity index is 1090. The highest BCUT2D eigenvalue weighted by Crippen LogP contribution is 2.22. The van der Waals surface area contributed by atoms with Crippen LogP contribution in [0.25, 0.3) is 0 Å². The van der Waals surface area contributed by atoms with E-state index in [0.717, 1.165) is 54.7 Å². The number of ether oxygens (including phenoxy) is 1. The number of anilines is 2. The lowest BCUT2D eigenvalue weighted by molar-refractivity contribution is -0.118. The Labute approximate surface area is 200 Å². The lowest BCUT2D eigenvalue weighted by atomic mass is 10.1. The SMILES string of the molecule is Cc1ccc(OCC(=O)Nc2ccc(N3CCN(Cc4ccccc4Cl)CC3)cc2)cc1C. The highest BCUT2D eigenvalue weighted by Gasteiger charge is 2.18. The summed E-state index contributed by atoms with van der Waals surface area (Å²) >= 11 is 6.31. The molecule has 3 aromatic rings. The number of benzene rings is 3. The first kappa shape index (κ1) is 23.1. The lowest BCUT2D eigenvalue weighted by Crippen LogP contribution is -2.46. The first-order valence-electron chi connectivity index (χ1n) is 11.3. The maximum absolute atomic E-state index is 12.3. The third-order valence-corrected chi connectivity index (χ3v) is 6.46. The Morgan fingerprint density at radius 2 is 1.67 bits per heavy atom. The lowest BCUT2D eigenvalue weighted by Gasteiger charge is -2.36. The Morgan fingerprint density at radius 1 is 0.939 bits per heavy atom. The second-order valence-electron chi connectivity index (χ2n) is 8.48. The molecule has 3 aromatic carbocycles. The normalized spacial score (nSPS) is 14.2. The van der Waals surface area contributed by atoms with Gasteiger partial charge in [0.05, 0.1) is 0 Å². The van der Waals surface area contributed by atoms with Crippen LogP contribution in [0, 0.1) is 13.8 Å². The van der Waals surface area contributed by atoms with Crippen molar-refractivity contribution in [3.05, 3.63) is 88.4 Å². The Morgan fingerprint density at radius 3 is 2.36 bits per heavy atom. The van der Waals surface area contributed by atoms with Gasteiger partial charge in [-0.2, -0.15) is 0 Å². The number of nitrogens with zero attached hydrogens (tertiary/aromatic N) is 2. The minimum atomic E-state index is -0.172. The largest absolute Gasteiger partial charge is 0.484 e. The molecule has 1 heterocycles. The molecule has 172 valence electrons. The molecule has 0 radical (unpaired) electrons. The van der Waals surface area contributed by atoms with Gasteiger partial charge in [0.1, 0.15) is 5.75 Å². The average molecular weight is 464 g/mol. The van der Waals surface area contributed by atoms with E-state index in [1.165, 1.54) is 11.1 Å². The molecule has 0 unspecified atom stereocenters. The number of carbonyl (C=O) groups is 1. The smallest absolute Gasteiger partial charge is 0.262 e. The van der Waals surface area contributed by atoms with Crippen molar-refractivity contribution in [3.8, 4) is 5.75 Å². The number of hydrogen-bond acceptors (Lipinski definition) is 4. The van der Waals surface area contributed by atoms with E-state index in [0.29, 0.717) is 5.75 Å². The Kier molecular flexibility index (Phi) is 7.53. The van der Waals surface area contributed by atoms with E-state index in [-0.39, 0.29) is 12.5 Å². The quantitative estimate of drug-likeness (QED) is 0.516. The van der Waals surface area contributed by atoms with Crippen LogP contribution in [0.4, 0.5) is 11.4 Å². The maximum Gasteiger partial charge on any atom is 0.262 e. The van der Waals surface area contributed by atoms with Gasteiger partial charge in [-0.05, 0) is 73.0 Å². The highest BCUT2D eigenvalue weighted by atomic mass is 35.5. The van der Waals surface area contributed by atoms with Crippen LogP contribution in [-0.4, -0.2) is 43.6 Å². The summed E-state index contributed by atoms with van der Waals surface area (Å²) in [5, 5.41) is 3.74. The molecule has 1 saturated heterocycles. The second-order valence-corrected chi connectivity index (χ2v) is 8.89. The van der Waals surface area contributed by atoms with E-state index in [1.54, 1.807) is 0 Å². The van der Waals surface area contributed by atoms with Crippen molar-refractivity contribution in [3.63, 3.8) is 0 Å². The fraction of sp³-hybridized carbons (Fsp3) is 0.296. The van der Waals surface area contributed by atoms with Gasteiger partial charge in [0.15, 0.2) is 6.61 Å². The molecule has 0 spiro atoms. The molecule has 0 bridgehead atoms. The molecule has 0 atom stereocenters. The van der Waals surface area contributed by atoms with Crippen molar-refractivity contribution in [2.24, 2.45) is 0 Å². The van der Waals surface area contributed by atoms with Crippen molar-refractivity contribution in [2.75, 3.05) is 43.0 Å². The van der Waals surface area contributed by atoms with Gasteiger partial charge in [-0.25, -0.2) is 0 Å². The van der Waals surface area contributed by atoms with Crippen molar-refractivity contribution in [1.82, 2.24) is 4.90 Å². The number of rotatable bonds is 7. The Balaban J connectivity index is 1.24. The number of piperazine rings is 1. The summed E-state index contributed by atoms with van der Waals surface area (Å²) in [5.74, 6) is 0.534. The van der Waals surface area contributed by atoms with Crippen LogP contribution in [0.5, 0.6) is 5.75 Å². The molecule has 0 aliphatic carbocycles. The standard InChI is InChI=1S/C27H30ClN3O2/c1-20-7-12-25(17-21(20)2)33-19-27(32)29-23-8-10-24(11-9-23)31-15-13-30(14-16-31)18-22-5-3-4-6-26(22)28/h3-12,17H,13-16,18-19H2,1-2H3,(H,29,32). The highest BCUT2D eigenvalue weighted by molar-refractivity contribution is 6.31. The van der Waals surface area contributed by atoms with Gasteiger partial charge >= 0.3 is 0 Å². The van der Waals surface area contributed by atoms with Crippen LogP contribution in [0.1, 0.15) is 16.7 Å². The first-order chi connectivity index (χ1) is 16.0. The minimum absolute atomic E-state index is 0.0162. The van der Waals surface area contributed by atoms with E-state index in [2.05, 4.69) is 40.2 Å². The van der Waals surface area contributed by atoms with Crippen molar-refractivity contribution in [1.29, 1.82) is 0 Å². The summed E-state index contributed by atoms with van der Waals surface area (Å²) < 4.78 is 5.62. The van der Waals surface area contributed by atoms with Gasteiger partial charge in [0.25, 0.3) is 5.91 Å². The summed E-state index contributed by atoms with van der Waals surface area (Å²) in [4.78, 5) is 17.1. The molecule has 1 N–H and O–H groups in total. The maximum atomic E-state index is 12.3. The minimum Gasteiger partial charge on any atom is -0.484 e. The van der Waals surface area contributed by atoms with Gasteiger partial charge in [0.2, 0.25) is 0 Å². The summed E-state index contributed by atoms with van der Waals surface area (Å²) in [6.07, 6.45) is 0. The van der Waals surface area contributed by atoms with E-state index in [4.69, 9.17) is 16.3 Å². The molecule has 1 fully saturated rings. The predicted molar refractivity (Wildman–Crippen MR) is 135 cm³/mol. The third-order valence-electron chi connectivity index (χ3n) is 6.09. The molecule has 1 aliphatic heterocycles. The van der Waals surface area contributed by atoms with Gasteiger partial charge in [-0.1, -0.05) is 35.9 Å². The second kappa shape index (κ2) is 10.7. The van der Waals surface area contributed by atoms with Crippen molar-refractivity contribution >= 4 is 28.9 Å². The monoisotopic (exact) mass is 463 g/mol. The summed E-state index contributed by atoms with van der Waals surface area (Å²) in [6, 6.07) is 21.9. The van der Waals surface area contributed by atoms with E-state index >= 15 is 0 Å². The molecule has 5 nitrogen and oxygen atoms in total. The summed E-state index contributed by atoms with van der Waals surface area (Å²) in [7, 11) is 0. The molecule has 0 saturated carbocycles. The number of amides is 1. The number of nitrogens with one attached hydrogen (secondary N) is 1. The summed E-state index contributed by atoms with van der Waals surface area (Å²) in [6.45, 7) is 8.83. The molecule has 4 rings (SSSR count). The van der Waals surface area contributed by atoms with Gasteiger partial charge in [0, 0.05) is 49.1 Å². The number of carbonyl (C=O) groups excluding carboxylic acids is 1. The van der Waals surface area contributed by atoms with Crippen molar-refractivity contribution in [2.45, 2.75) is 20.4 Å². The van der Waals surface area contributed by atoms with E-state index in [1.807, 2.05) is 55.5 Å². The van der Waals surface area contributed by atoms with Gasteiger partial charge < -0.3 is 15.0 Å². The first-order valence-corrected chi connectivity index (χ1v) is 11.7. The van der Waals surface area contributed by atoms with Crippen molar-refractivity contribution < 1.29 is 9.53 Å². The molecule has 0 aromatic heterocycles. The zero-order chi connectivity index (χ0) is 23.2. The zero-order valence-corrected chi connectivity index (χ0v) is 19.9. The molecule has 1 aliphatic rings. The van der Waals surface area contributed by atoms with E-state index < -0.39 is 0 Å². The van der Waals surface area contributed by atoms with Gasteiger partial charge in [-0.3, -0.25) is 9.69 Å². The average Bonchev–Trinajstić information content (AvgIpc) is 2.82.